The zero-order chi connectivity index (χ0) is 17.4. The SMILES string of the molecule is C=CCN(CCOC)CCC1COC2(CCC(CC(C)C)CC2)O1. The molecule has 2 fully saturated rings. The minimum atomic E-state index is -0.270. The van der Waals surface area contributed by atoms with Gasteiger partial charge in [0.1, 0.15) is 0 Å². The smallest absolute Gasteiger partial charge is 0.168 e. The van der Waals surface area contributed by atoms with E-state index in [0.29, 0.717) is 0 Å². The Kier molecular flexibility index (Phi) is 8.21. The maximum Gasteiger partial charge on any atom is 0.168 e. The van der Waals surface area contributed by atoms with Crippen LogP contribution in [-0.4, -0.2) is 56.7 Å². The molecule has 1 heterocycles. The highest BCUT2D eigenvalue weighted by Gasteiger charge is 2.43. The minimum Gasteiger partial charge on any atom is -0.383 e. The zero-order valence-corrected chi connectivity index (χ0v) is 16.0. The topological polar surface area (TPSA) is 30.9 Å². The molecule has 140 valence electrons. The van der Waals surface area contributed by atoms with Gasteiger partial charge in [-0.15, -0.1) is 6.58 Å². The van der Waals surface area contributed by atoms with Gasteiger partial charge in [-0.2, -0.15) is 0 Å². The van der Waals surface area contributed by atoms with Crippen molar-refractivity contribution in [2.75, 3.05) is 40.0 Å². The van der Waals surface area contributed by atoms with Crippen molar-refractivity contribution in [2.24, 2.45) is 11.8 Å². The standard InChI is InChI=1S/C20H37NO3/c1-5-11-21(13-14-22-4)12-8-19-16-23-20(24-19)9-6-18(7-10-20)15-17(2)3/h5,17-19H,1,6-16H2,2-4H3. The van der Waals surface area contributed by atoms with Crippen LogP contribution in [0.3, 0.4) is 0 Å². The average molecular weight is 340 g/mol. The van der Waals surface area contributed by atoms with Crippen molar-refractivity contribution in [2.45, 2.75) is 64.3 Å². The lowest BCUT2D eigenvalue weighted by Gasteiger charge is -2.36. The monoisotopic (exact) mass is 339 g/mol. The maximum atomic E-state index is 6.37. The molecule has 1 aliphatic carbocycles. The van der Waals surface area contributed by atoms with E-state index in [-0.39, 0.29) is 11.9 Å². The van der Waals surface area contributed by atoms with E-state index in [4.69, 9.17) is 14.2 Å². The molecule has 0 N–H and O–H groups in total. The Morgan fingerprint density at radius 2 is 2.04 bits per heavy atom. The summed E-state index contributed by atoms with van der Waals surface area (Å²) in [4.78, 5) is 2.37. The van der Waals surface area contributed by atoms with E-state index in [2.05, 4.69) is 25.3 Å². The molecule has 0 aromatic rings. The van der Waals surface area contributed by atoms with Gasteiger partial charge in [0.05, 0.1) is 19.3 Å². The van der Waals surface area contributed by atoms with Crippen molar-refractivity contribution >= 4 is 0 Å². The molecule has 1 saturated heterocycles. The van der Waals surface area contributed by atoms with Gasteiger partial charge in [-0.3, -0.25) is 4.90 Å². The van der Waals surface area contributed by atoms with Gasteiger partial charge in [-0.1, -0.05) is 19.9 Å². The molecule has 0 bridgehead atoms. The number of rotatable bonds is 10. The van der Waals surface area contributed by atoms with Gasteiger partial charge in [-0.25, -0.2) is 0 Å². The Labute approximate surface area is 148 Å². The molecule has 4 heteroatoms. The average Bonchev–Trinajstić information content (AvgIpc) is 2.95. The maximum absolute atomic E-state index is 6.37. The number of methoxy groups -OCH3 is 1. The first-order valence-corrected chi connectivity index (χ1v) is 9.71. The Hall–Kier alpha value is -0.420. The van der Waals surface area contributed by atoms with E-state index in [9.17, 15) is 0 Å². The highest BCUT2D eigenvalue weighted by Crippen LogP contribution is 2.42. The molecule has 1 aliphatic heterocycles. The molecular formula is C20H37NO3. The minimum absolute atomic E-state index is 0.238. The summed E-state index contributed by atoms with van der Waals surface area (Å²) in [5.41, 5.74) is 0. The molecule has 1 atom stereocenters. The second kappa shape index (κ2) is 9.91. The van der Waals surface area contributed by atoms with E-state index in [1.54, 1.807) is 7.11 Å². The second-order valence-corrected chi connectivity index (χ2v) is 7.91. The zero-order valence-electron chi connectivity index (χ0n) is 16.0. The largest absolute Gasteiger partial charge is 0.383 e. The Morgan fingerprint density at radius 3 is 2.67 bits per heavy atom. The first kappa shape index (κ1) is 19.9. The van der Waals surface area contributed by atoms with Crippen molar-refractivity contribution in [3.05, 3.63) is 12.7 Å². The van der Waals surface area contributed by atoms with Gasteiger partial charge in [0.2, 0.25) is 0 Å². The van der Waals surface area contributed by atoms with Crippen LogP contribution in [0.4, 0.5) is 0 Å². The molecule has 0 amide bonds. The molecule has 1 unspecified atom stereocenters. The van der Waals surface area contributed by atoms with Crippen molar-refractivity contribution in [3.63, 3.8) is 0 Å². The number of hydrogen-bond acceptors (Lipinski definition) is 4. The Balaban J connectivity index is 1.71. The highest BCUT2D eigenvalue weighted by molar-refractivity contribution is 4.86. The predicted octanol–water partition coefficient (Wildman–Crippen LogP) is 3.86. The third-order valence-electron chi connectivity index (χ3n) is 5.35. The Morgan fingerprint density at radius 1 is 1.29 bits per heavy atom. The van der Waals surface area contributed by atoms with Crippen LogP contribution in [0.15, 0.2) is 12.7 Å². The molecule has 0 radical (unpaired) electrons. The van der Waals surface area contributed by atoms with Crippen LogP contribution in [0.1, 0.15) is 52.4 Å². The molecule has 0 aromatic carbocycles. The summed E-state index contributed by atoms with van der Waals surface area (Å²) in [5, 5.41) is 0. The normalized spacial score (nSPS) is 30.5. The fraction of sp³-hybridized carbons (Fsp3) is 0.900. The summed E-state index contributed by atoms with van der Waals surface area (Å²) in [6.45, 7) is 12.9. The molecular weight excluding hydrogens is 302 g/mol. The molecule has 0 aromatic heterocycles. The van der Waals surface area contributed by atoms with E-state index in [1.807, 2.05) is 6.08 Å². The fourth-order valence-electron chi connectivity index (χ4n) is 4.06. The molecule has 24 heavy (non-hydrogen) atoms. The van der Waals surface area contributed by atoms with Crippen LogP contribution in [-0.2, 0) is 14.2 Å². The lowest BCUT2D eigenvalue weighted by Crippen LogP contribution is -2.36. The van der Waals surface area contributed by atoms with Crippen molar-refractivity contribution < 1.29 is 14.2 Å². The van der Waals surface area contributed by atoms with Crippen LogP contribution in [0.5, 0.6) is 0 Å². The Bertz CT molecular complexity index is 364. The van der Waals surface area contributed by atoms with E-state index in [0.717, 1.165) is 63.9 Å². The van der Waals surface area contributed by atoms with Gasteiger partial charge in [0, 0.05) is 39.6 Å². The van der Waals surface area contributed by atoms with Gasteiger partial charge in [-0.05, 0) is 37.5 Å². The molecule has 2 aliphatic rings. The quantitative estimate of drug-likeness (QED) is 0.566. The third kappa shape index (κ3) is 6.14. The number of hydrogen-bond donors (Lipinski definition) is 0. The van der Waals surface area contributed by atoms with Crippen molar-refractivity contribution in [1.82, 2.24) is 4.90 Å². The van der Waals surface area contributed by atoms with E-state index < -0.39 is 0 Å². The van der Waals surface area contributed by atoms with Gasteiger partial charge in [0.15, 0.2) is 5.79 Å². The summed E-state index contributed by atoms with van der Waals surface area (Å²) in [6, 6.07) is 0. The summed E-state index contributed by atoms with van der Waals surface area (Å²) < 4.78 is 17.7. The lowest BCUT2D eigenvalue weighted by atomic mass is 9.81. The van der Waals surface area contributed by atoms with Crippen LogP contribution in [0.25, 0.3) is 0 Å². The van der Waals surface area contributed by atoms with Crippen LogP contribution < -0.4 is 0 Å². The predicted molar refractivity (Wildman–Crippen MR) is 98.1 cm³/mol. The van der Waals surface area contributed by atoms with Crippen LogP contribution in [0.2, 0.25) is 0 Å². The lowest BCUT2D eigenvalue weighted by molar-refractivity contribution is -0.193. The summed E-state index contributed by atoms with van der Waals surface area (Å²) in [7, 11) is 1.75. The highest BCUT2D eigenvalue weighted by atomic mass is 16.7. The van der Waals surface area contributed by atoms with Gasteiger partial charge < -0.3 is 14.2 Å². The van der Waals surface area contributed by atoms with Crippen molar-refractivity contribution in [1.29, 1.82) is 0 Å². The van der Waals surface area contributed by atoms with Gasteiger partial charge in [0.25, 0.3) is 0 Å². The summed E-state index contributed by atoms with van der Waals surface area (Å²) >= 11 is 0. The fourth-order valence-corrected chi connectivity index (χ4v) is 4.06. The first-order chi connectivity index (χ1) is 11.6. The van der Waals surface area contributed by atoms with Crippen LogP contribution in [0, 0.1) is 11.8 Å². The van der Waals surface area contributed by atoms with E-state index in [1.165, 1.54) is 19.3 Å². The molecule has 4 nitrogen and oxygen atoms in total. The van der Waals surface area contributed by atoms with Gasteiger partial charge >= 0.3 is 0 Å². The van der Waals surface area contributed by atoms with E-state index >= 15 is 0 Å². The summed E-state index contributed by atoms with van der Waals surface area (Å²) in [6.07, 6.45) is 9.20. The molecule has 1 saturated carbocycles. The number of nitrogens with zero attached hydrogens (tertiary/aromatic N) is 1. The summed E-state index contributed by atoms with van der Waals surface area (Å²) in [5.74, 6) is 1.39. The van der Waals surface area contributed by atoms with Crippen LogP contribution >= 0.6 is 0 Å². The number of ether oxygens (including phenoxy) is 3. The first-order valence-electron chi connectivity index (χ1n) is 9.71. The third-order valence-corrected chi connectivity index (χ3v) is 5.35. The molecule has 2 rings (SSSR count). The second-order valence-electron chi connectivity index (χ2n) is 7.91. The van der Waals surface area contributed by atoms with Crippen molar-refractivity contribution in [3.8, 4) is 0 Å². The molecule has 1 spiro atoms.